The van der Waals surface area contributed by atoms with Gasteiger partial charge in [-0.1, -0.05) is 13.0 Å². The third-order valence-electron chi connectivity index (χ3n) is 4.34. The molecule has 2 heterocycles. The summed E-state index contributed by atoms with van der Waals surface area (Å²) in [7, 11) is 0. The normalized spacial score (nSPS) is 22.6. The van der Waals surface area contributed by atoms with Gasteiger partial charge in [0.1, 0.15) is 6.07 Å². The van der Waals surface area contributed by atoms with Gasteiger partial charge in [0.05, 0.1) is 11.3 Å². The average Bonchev–Trinajstić information content (AvgIpc) is 2.94. The van der Waals surface area contributed by atoms with Crippen LogP contribution in [0, 0.1) is 11.3 Å². The lowest BCUT2D eigenvalue weighted by Gasteiger charge is -2.39. The van der Waals surface area contributed by atoms with Crippen LogP contribution in [0.1, 0.15) is 25.3 Å². The fraction of sp³-hybridized carbons (Fsp3) is 0.562. The van der Waals surface area contributed by atoms with Gasteiger partial charge in [0.2, 0.25) is 0 Å². The fourth-order valence-electron chi connectivity index (χ4n) is 3.38. The molecule has 0 spiro atoms. The van der Waals surface area contributed by atoms with E-state index in [9.17, 15) is 5.26 Å². The maximum atomic E-state index is 9.54. The second kappa shape index (κ2) is 6.07. The van der Waals surface area contributed by atoms with Crippen LogP contribution in [0.3, 0.4) is 0 Å². The minimum Gasteiger partial charge on any atom is -0.368 e. The molecule has 0 saturated carbocycles. The van der Waals surface area contributed by atoms with Crippen molar-refractivity contribution in [2.24, 2.45) is 0 Å². The van der Waals surface area contributed by atoms with Gasteiger partial charge in [0.15, 0.2) is 0 Å². The largest absolute Gasteiger partial charge is 0.368 e. The van der Waals surface area contributed by atoms with Gasteiger partial charge in [-0.05, 0) is 37.3 Å². The SMILES string of the molecule is CCSc1cccc(N2CCN3CCCC3C2)c1C#N. The molecule has 0 radical (unpaired) electrons. The zero-order valence-corrected chi connectivity index (χ0v) is 12.8. The van der Waals surface area contributed by atoms with E-state index in [0.29, 0.717) is 6.04 Å². The number of thioether (sulfide) groups is 1. The number of anilines is 1. The molecule has 2 fully saturated rings. The summed E-state index contributed by atoms with van der Waals surface area (Å²) in [5, 5.41) is 9.54. The van der Waals surface area contributed by atoms with Crippen molar-refractivity contribution < 1.29 is 0 Å². The van der Waals surface area contributed by atoms with Crippen molar-refractivity contribution in [2.45, 2.75) is 30.7 Å². The molecule has 3 rings (SSSR count). The lowest BCUT2D eigenvalue weighted by molar-refractivity contribution is 0.231. The van der Waals surface area contributed by atoms with E-state index in [1.165, 1.54) is 19.4 Å². The Hall–Kier alpha value is -1.18. The zero-order valence-electron chi connectivity index (χ0n) is 12.0. The molecule has 3 nitrogen and oxygen atoms in total. The molecule has 1 atom stereocenters. The van der Waals surface area contributed by atoms with Crippen LogP contribution >= 0.6 is 11.8 Å². The van der Waals surface area contributed by atoms with E-state index in [0.717, 1.165) is 41.5 Å². The molecule has 2 aliphatic heterocycles. The van der Waals surface area contributed by atoms with Crippen molar-refractivity contribution in [3.63, 3.8) is 0 Å². The van der Waals surface area contributed by atoms with E-state index in [1.54, 1.807) is 11.8 Å². The Balaban J connectivity index is 1.86. The van der Waals surface area contributed by atoms with Gasteiger partial charge in [-0.15, -0.1) is 11.8 Å². The number of fused-ring (bicyclic) bond motifs is 1. The van der Waals surface area contributed by atoms with Gasteiger partial charge >= 0.3 is 0 Å². The summed E-state index contributed by atoms with van der Waals surface area (Å²) in [4.78, 5) is 6.15. The van der Waals surface area contributed by atoms with Gasteiger partial charge in [0, 0.05) is 30.6 Å². The molecule has 0 aliphatic carbocycles. The highest BCUT2D eigenvalue weighted by Gasteiger charge is 2.31. The van der Waals surface area contributed by atoms with Gasteiger partial charge in [-0.25, -0.2) is 0 Å². The first kappa shape index (κ1) is 13.8. The standard InChI is InChI=1S/C16H21N3S/c1-2-20-16-7-3-6-15(14(16)11-17)19-10-9-18-8-4-5-13(18)12-19/h3,6-7,13H,2,4-5,8-10,12H2,1H3. The average molecular weight is 287 g/mol. The third kappa shape index (κ3) is 2.53. The molecule has 1 aromatic rings. The van der Waals surface area contributed by atoms with E-state index in [2.05, 4.69) is 41.0 Å². The molecule has 0 amide bonds. The first-order valence-electron chi connectivity index (χ1n) is 7.48. The Labute approximate surface area is 125 Å². The Bertz CT molecular complexity index is 523. The van der Waals surface area contributed by atoms with Crippen LogP contribution in [0.5, 0.6) is 0 Å². The molecule has 20 heavy (non-hydrogen) atoms. The zero-order chi connectivity index (χ0) is 13.9. The molecule has 106 valence electrons. The van der Waals surface area contributed by atoms with E-state index in [1.807, 2.05) is 0 Å². The van der Waals surface area contributed by atoms with E-state index < -0.39 is 0 Å². The summed E-state index contributed by atoms with van der Waals surface area (Å²) in [5.74, 6) is 1.01. The Kier molecular flexibility index (Phi) is 4.18. The van der Waals surface area contributed by atoms with E-state index >= 15 is 0 Å². The van der Waals surface area contributed by atoms with Crippen molar-refractivity contribution in [2.75, 3.05) is 36.8 Å². The van der Waals surface area contributed by atoms with Crippen LogP contribution in [0.2, 0.25) is 0 Å². The second-order valence-electron chi connectivity index (χ2n) is 5.47. The summed E-state index contributed by atoms with van der Waals surface area (Å²) in [6.45, 7) is 6.66. The Morgan fingerprint density at radius 1 is 1.35 bits per heavy atom. The van der Waals surface area contributed by atoms with Crippen molar-refractivity contribution in [1.29, 1.82) is 5.26 Å². The molecule has 2 aliphatic rings. The molecule has 1 aromatic carbocycles. The van der Waals surface area contributed by atoms with Crippen LogP contribution in [0.4, 0.5) is 5.69 Å². The summed E-state index contributed by atoms with van der Waals surface area (Å²) in [6, 6.07) is 9.40. The maximum absolute atomic E-state index is 9.54. The Morgan fingerprint density at radius 2 is 2.25 bits per heavy atom. The molecular weight excluding hydrogens is 266 g/mol. The van der Waals surface area contributed by atoms with Crippen LogP contribution in [0.25, 0.3) is 0 Å². The number of nitrogens with zero attached hydrogens (tertiary/aromatic N) is 3. The van der Waals surface area contributed by atoms with Crippen molar-refractivity contribution in [1.82, 2.24) is 4.90 Å². The van der Waals surface area contributed by atoms with Crippen LogP contribution in [0.15, 0.2) is 23.1 Å². The van der Waals surface area contributed by atoms with Crippen LogP contribution in [-0.2, 0) is 0 Å². The number of benzene rings is 1. The predicted molar refractivity (Wildman–Crippen MR) is 84.4 cm³/mol. The topological polar surface area (TPSA) is 30.3 Å². The lowest BCUT2D eigenvalue weighted by atomic mass is 10.1. The highest BCUT2D eigenvalue weighted by atomic mass is 32.2. The number of rotatable bonds is 3. The lowest BCUT2D eigenvalue weighted by Crippen LogP contribution is -2.50. The van der Waals surface area contributed by atoms with Gasteiger partial charge in [0.25, 0.3) is 0 Å². The molecule has 2 saturated heterocycles. The van der Waals surface area contributed by atoms with Crippen LogP contribution < -0.4 is 4.90 Å². The summed E-state index contributed by atoms with van der Waals surface area (Å²) in [5.41, 5.74) is 2.00. The molecule has 0 aromatic heterocycles. The molecule has 0 N–H and O–H groups in total. The molecule has 4 heteroatoms. The van der Waals surface area contributed by atoms with Gasteiger partial charge in [-0.3, -0.25) is 4.90 Å². The fourth-order valence-corrected chi connectivity index (χ4v) is 4.16. The Morgan fingerprint density at radius 3 is 3.05 bits per heavy atom. The van der Waals surface area contributed by atoms with Crippen molar-refractivity contribution >= 4 is 17.4 Å². The first-order valence-corrected chi connectivity index (χ1v) is 8.47. The number of nitriles is 1. The van der Waals surface area contributed by atoms with Gasteiger partial charge in [-0.2, -0.15) is 5.26 Å². The van der Waals surface area contributed by atoms with E-state index in [-0.39, 0.29) is 0 Å². The summed E-state index contributed by atoms with van der Waals surface area (Å²) < 4.78 is 0. The quantitative estimate of drug-likeness (QED) is 0.800. The smallest absolute Gasteiger partial charge is 0.103 e. The molecule has 1 unspecified atom stereocenters. The predicted octanol–water partition coefficient (Wildman–Crippen LogP) is 2.95. The molecular formula is C16H21N3S. The van der Waals surface area contributed by atoms with Crippen molar-refractivity contribution in [3.8, 4) is 6.07 Å². The highest BCUT2D eigenvalue weighted by molar-refractivity contribution is 7.99. The minimum atomic E-state index is 0.692. The summed E-state index contributed by atoms with van der Waals surface area (Å²) in [6.07, 6.45) is 2.64. The second-order valence-corrected chi connectivity index (χ2v) is 6.78. The number of piperazine rings is 1. The summed E-state index contributed by atoms with van der Waals surface area (Å²) >= 11 is 1.76. The van der Waals surface area contributed by atoms with Crippen molar-refractivity contribution in [3.05, 3.63) is 23.8 Å². The third-order valence-corrected chi connectivity index (χ3v) is 5.28. The number of hydrogen-bond acceptors (Lipinski definition) is 4. The van der Waals surface area contributed by atoms with Crippen LogP contribution in [-0.4, -0.2) is 42.9 Å². The monoisotopic (exact) mass is 287 g/mol. The number of hydrogen-bond donors (Lipinski definition) is 0. The first-order chi connectivity index (χ1) is 9.83. The maximum Gasteiger partial charge on any atom is 0.103 e. The highest BCUT2D eigenvalue weighted by Crippen LogP contribution is 2.32. The minimum absolute atomic E-state index is 0.692. The molecule has 0 bridgehead atoms. The van der Waals surface area contributed by atoms with E-state index in [4.69, 9.17) is 0 Å². The van der Waals surface area contributed by atoms with Gasteiger partial charge < -0.3 is 4.90 Å².